The van der Waals surface area contributed by atoms with Crippen molar-refractivity contribution in [2.75, 3.05) is 13.2 Å². The van der Waals surface area contributed by atoms with Crippen molar-refractivity contribution >= 4 is 39.3 Å². The summed E-state index contributed by atoms with van der Waals surface area (Å²) in [5, 5.41) is 15.0. The molecule has 0 amide bonds. The van der Waals surface area contributed by atoms with E-state index in [-0.39, 0.29) is 31.0 Å². The van der Waals surface area contributed by atoms with E-state index in [0.29, 0.717) is 5.56 Å². The van der Waals surface area contributed by atoms with Gasteiger partial charge in [-0.05, 0) is 53.4 Å². The molecule has 3 atom stereocenters. The molecule has 0 fully saturated rings. The highest BCUT2D eigenvalue weighted by molar-refractivity contribution is 6.10. The maximum absolute atomic E-state index is 14.3. The summed E-state index contributed by atoms with van der Waals surface area (Å²) in [6, 6.07) is 26.6. The predicted molar refractivity (Wildman–Crippen MR) is 154 cm³/mol. The number of ketones is 1. The van der Waals surface area contributed by atoms with E-state index in [4.69, 9.17) is 9.47 Å². The van der Waals surface area contributed by atoms with E-state index in [1.165, 1.54) is 6.92 Å². The molecule has 0 bridgehead atoms. The molecule has 0 aliphatic heterocycles. The zero-order valence-electron chi connectivity index (χ0n) is 22.8. The van der Waals surface area contributed by atoms with E-state index >= 15 is 0 Å². The van der Waals surface area contributed by atoms with Crippen molar-refractivity contribution in [3.8, 4) is 0 Å². The van der Waals surface area contributed by atoms with E-state index in [2.05, 4.69) is 0 Å². The second-order valence-electron chi connectivity index (χ2n) is 10.1. The summed E-state index contributed by atoms with van der Waals surface area (Å²) in [4.78, 5) is 42.1. The molecule has 204 valence electrons. The lowest BCUT2D eigenvalue weighted by molar-refractivity contribution is -0.164. The number of Topliss-reactive ketones (excluding diaryl/α,β-unsaturated/α-hetero) is 1. The van der Waals surface area contributed by atoms with Crippen LogP contribution < -0.4 is 0 Å². The number of aliphatic hydroxyl groups is 1. The molecule has 0 aromatic heterocycles. The number of aliphatic hydroxyl groups excluding tert-OH is 1. The Morgan fingerprint density at radius 1 is 0.775 bits per heavy atom. The summed E-state index contributed by atoms with van der Waals surface area (Å²) in [7, 11) is 0. The topological polar surface area (TPSA) is 89.9 Å². The summed E-state index contributed by atoms with van der Waals surface area (Å²) in [5.74, 6) is -4.12. The van der Waals surface area contributed by atoms with E-state index < -0.39 is 35.0 Å². The van der Waals surface area contributed by atoms with Gasteiger partial charge in [-0.25, -0.2) is 4.79 Å². The SMILES string of the molecule is CCOC(=O)C1=C(O)C[C@@H](c2cccc3ccccc23)[C@](C(C)=O)(C(=O)OCC)C1c1cccc2ccccc12. The Bertz CT molecular complexity index is 1640. The lowest BCUT2D eigenvalue weighted by Crippen LogP contribution is -2.53. The molecule has 0 saturated carbocycles. The van der Waals surface area contributed by atoms with Crippen molar-refractivity contribution in [3.63, 3.8) is 0 Å². The number of fused-ring (bicyclic) bond motifs is 2. The molecule has 0 spiro atoms. The van der Waals surface area contributed by atoms with Crippen molar-refractivity contribution in [1.82, 2.24) is 0 Å². The second kappa shape index (κ2) is 11.0. The maximum Gasteiger partial charge on any atom is 0.338 e. The van der Waals surface area contributed by atoms with Gasteiger partial charge in [-0.2, -0.15) is 0 Å². The number of hydrogen-bond acceptors (Lipinski definition) is 6. The van der Waals surface area contributed by atoms with Crippen LogP contribution in [0.1, 0.15) is 50.2 Å². The predicted octanol–water partition coefficient (Wildman–Crippen LogP) is 6.78. The van der Waals surface area contributed by atoms with E-state index in [1.807, 2.05) is 84.9 Å². The van der Waals surface area contributed by atoms with Crippen LogP contribution in [0.15, 0.2) is 96.3 Å². The standard InChI is InChI=1S/C34H32O6/c1-4-39-32(37)30-29(36)20-28(26-18-10-14-22-12-6-8-16-24(22)26)34(21(3)35,33(38)40-5-2)31(30)27-19-11-15-23-13-7-9-17-25(23)27/h6-19,28,31,36H,4-5,20H2,1-3H3/t28-,31?,34-/m0/s1. The number of carbonyl (C=O) groups excluding carboxylic acids is 3. The van der Waals surface area contributed by atoms with E-state index in [0.717, 1.165) is 27.1 Å². The third kappa shape index (κ3) is 4.24. The Balaban J connectivity index is 1.94. The zero-order chi connectivity index (χ0) is 28.4. The van der Waals surface area contributed by atoms with Gasteiger partial charge in [0.1, 0.15) is 17.0 Å². The van der Waals surface area contributed by atoms with E-state index in [1.54, 1.807) is 13.8 Å². The molecule has 1 aliphatic rings. The molecule has 40 heavy (non-hydrogen) atoms. The molecular weight excluding hydrogens is 504 g/mol. The zero-order valence-corrected chi connectivity index (χ0v) is 22.8. The number of ether oxygens (including phenoxy) is 2. The smallest absolute Gasteiger partial charge is 0.338 e. The van der Waals surface area contributed by atoms with Crippen LogP contribution in [0.25, 0.3) is 21.5 Å². The Morgan fingerprint density at radius 2 is 1.30 bits per heavy atom. The largest absolute Gasteiger partial charge is 0.512 e. The molecule has 0 heterocycles. The fourth-order valence-corrected chi connectivity index (χ4v) is 6.42. The van der Waals surface area contributed by atoms with Gasteiger partial charge in [0.25, 0.3) is 0 Å². The van der Waals surface area contributed by atoms with Crippen molar-refractivity contribution in [3.05, 3.63) is 107 Å². The van der Waals surface area contributed by atoms with Gasteiger partial charge in [-0.3, -0.25) is 9.59 Å². The third-order valence-electron chi connectivity index (χ3n) is 8.03. The van der Waals surface area contributed by atoms with Gasteiger partial charge in [-0.1, -0.05) is 84.9 Å². The molecule has 0 saturated heterocycles. The molecular formula is C34H32O6. The van der Waals surface area contributed by atoms with Crippen molar-refractivity contribution in [2.24, 2.45) is 5.41 Å². The minimum atomic E-state index is -1.86. The fraction of sp³-hybridized carbons (Fsp3) is 0.265. The third-order valence-corrected chi connectivity index (χ3v) is 8.03. The number of rotatable bonds is 7. The van der Waals surface area contributed by atoms with Crippen LogP contribution in [0.4, 0.5) is 0 Å². The summed E-state index contributed by atoms with van der Waals surface area (Å²) >= 11 is 0. The van der Waals surface area contributed by atoms with Crippen LogP contribution in [-0.4, -0.2) is 36.0 Å². The molecule has 4 aromatic rings. The first-order chi connectivity index (χ1) is 19.4. The number of esters is 2. The van der Waals surface area contributed by atoms with Crippen LogP contribution in [0.2, 0.25) is 0 Å². The number of hydrogen-bond donors (Lipinski definition) is 1. The van der Waals surface area contributed by atoms with Crippen molar-refractivity contribution < 1.29 is 29.0 Å². The summed E-state index contributed by atoms with van der Waals surface area (Å²) in [6.07, 6.45) is -0.109. The molecule has 1 unspecified atom stereocenters. The molecule has 6 nitrogen and oxygen atoms in total. The van der Waals surface area contributed by atoms with Gasteiger partial charge < -0.3 is 14.6 Å². The highest BCUT2D eigenvalue weighted by atomic mass is 16.5. The Morgan fingerprint density at radius 3 is 1.88 bits per heavy atom. The van der Waals surface area contributed by atoms with Gasteiger partial charge in [0.2, 0.25) is 0 Å². The van der Waals surface area contributed by atoms with Crippen molar-refractivity contribution in [1.29, 1.82) is 0 Å². The average Bonchev–Trinajstić information content (AvgIpc) is 2.96. The van der Waals surface area contributed by atoms with Crippen LogP contribution in [0, 0.1) is 5.41 Å². The minimum Gasteiger partial charge on any atom is -0.512 e. The molecule has 4 aromatic carbocycles. The normalized spacial score (nSPS) is 20.9. The summed E-state index contributed by atoms with van der Waals surface area (Å²) in [6.45, 7) is 4.85. The molecule has 0 radical (unpaired) electrons. The van der Waals surface area contributed by atoms with Gasteiger partial charge in [-0.15, -0.1) is 0 Å². The highest BCUT2D eigenvalue weighted by Crippen LogP contribution is 2.59. The Kier molecular flexibility index (Phi) is 7.44. The molecule has 6 heteroatoms. The quantitative estimate of drug-likeness (QED) is 0.207. The summed E-state index contributed by atoms with van der Waals surface area (Å²) in [5.41, 5.74) is -0.654. The van der Waals surface area contributed by atoms with Gasteiger partial charge in [0.15, 0.2) is 0 Å². The van der Waals surface area contributed by atoms with Gasteiger partial charge >= 0.3 is 11.9 Å². The Hall–Kier alpha value is -4.45. The first kappa shape index (κ1) is 27.1. The lowest BCUT2D eigenvalue weighted by Gasteiger charge is -2.46. The number of carbonyl (C=O) groups is 3. The minimum absolute atomic E-state index is 0.0445. The number of benzene rings is 4. The average molecular weight is 537 g/mol. The first-order valence-electron chi connectivity index (χ1n) is 13.6. The van der Waals surface area contributed by atoms with Crippen LogP contribution >= 0.6 is 0 Å². The van der Waals surface area contributed by atoms with Crippen LogP contribution in [0.3, 0.4) is 0 Å². The van der Waals surface area contributed by atoms with Crippen LogP contribution in [-0.2, 0) is 23.9 Å². The molecule has 1 N–H and O–H groups in total. The van der Waals surface area contributed by atoms with Crippen molar-refractivity contribution in [2.45, 2.75) is 39.0 Å². The monoisotopic (exact) mass is 536 g/mol. The molecule has 5 rings (SSSR count). The lowest BCUT2D eigenvalue weighted by atomic mass is 9.53. The Labute approximate surface area is 233 Å². The highest BCUT2D eigenvalue weighted by Gasteiger charge is 2.63. The van der Waals surface area contributed by atoms with Crippen LogP contribution in [0.5, 0.6) is 0 Å². The summed E-state index contributed by atoms with van der Waals surface area (Å²) < 4.78 is 11.1. The van der Waals surface area contributed by atoms with Gasteiger partial charge in [0.05, 0.1) is 18.8 Å². The first-order valence-corrected chi connectivity index (χ1v) is 13.6. The van der Waals surface area contributed by atoms with E-state index in [9.17, 15) is 19.5 Å². The second-order valence-corrected chi connectivity index (χ2v) is 10.1. The van der Waals surface area contributed by atoms with Gasteiger partial charge in [0, 0.05) is 18.3 Å². The fourth-order valence-electron chi connectivity index (χ4n) is 6.42. The number of allylic oxidation sites excluding steroid dienone is 1. The maximum atomic E-state index is 14.3. The molecule has 1 aliphatic carbocycles.